The Hall–Kier alpha value is -1.68. The normalized spacial score (nSPS) is 10.5. The van der Waals surface area contributed by atoms with Crippen molar-refractivity contribution in [1.82, 2.24) is 9.97 Å². The van der Waals surface area contributed by atoms with Crippen molar-refractivity contribution in [1.29, 1.82) is 0 Å². The van der Waals surface area contributed by atoms with E-state index in [1.54, 1.807) is 14.0 Å². The van der Waals surface area contributed by atoms with Gasteiger partial charge >= 0.3 is 0 Å². The van der Waals surface area contributed by atoms with Gasteiger partial charge < -0.3 is 4.74 Å². The van der Waals surface area contributed by atoms with Crippen LogP contribution >= 0.6 is 11.6 Å². The molecule has 0 aliphatic rings. The molecule has 0 unspecified atom stereocenters. The molecule has 0 aliphatic carbocycles. The number of rotatable bonds is 2. The molecule has 2 aromatic rings. The molecule has 0 spiro atoms. The van der Waals surface area contributed by atoms with Crippen LogP contribution in [0.25, 0.3) is 11.4 Å². The van der Waals surface area contributed by atoms with Crippen LogP contribution in [-0.4, -0.2) is 17.1 Å². The highest BCUT2D eigenvalue weighted by atomic mass is 35.5. The van der Waals surface area contributed by atoms with E-state index in [1.165, 1.54) is 0 Å². The summed E-state index contributed by atoms with van der Waals surface area (Å²) in [5.41, 5.74) is 1.97. The number of aryl methyl sites for hydroxylation is 2. The Kier molecular flexibility index (Phi) is 3.48. The van der Waals surface area contributed by atoms with Gasteiger partial charge in [0.2, 0.25) is 0 Å². The van der Waals surface area contributed by atoms with Gasteiger partial charge in [-0.2, -0.15) is 0 Å². The third-order valence-corrected chi connectivity index (χ3v) is 2.88. The molecule has 18 heavy (non-hydrogen) atoms. The molecule has 0 aliphatic heterocycles. The van der Waals surface area contributed by atoms with E-state index in [0.717, 1.165) is 16.9 Å². The van der Waals surface area contributed by atoms with Crippen molar-refractivity contribution >= 4 is 11.6 Å². The Morgan fingerprint density at radius 3 is 2.50 bits per heavy atom. The summed E-state index contributed by atoms with van der Waals surface area (Å²) >= 11 is 5.72. The Balaban J connectivity index is 2.52. The van der Waals surface area contributed by atoms with Crippen molar-refractivity contribution in [2.75, 3.05) is 7.11 Å². The standard InChI is InChI=1S/C13H12ClFN2O/c1-7-6-9(4-5-10(7)18-3)13-16-8(2)11(15)12(14)17-13/h4-6H,1-3H3. The fraction of sp³-hybridized carbons (Fsp3) is 0.231. The summed E-state index contributed by atoms with van der Waals surface area (Å²) < 4.78 is 18.5. The number of ether oxygens (including phenoxy) is 1. The van der Waals surface area contributed by atoms with Crippen LogP contribution in [0, 0.1) is 19.7 Å². The predicted molar refractivity (Wildman–Crippen MR) is 68.5 cm³/mol. The van der Waals surface area contributed by atoms with Gasteiger partial charge in [-0.1, -0.05) is 11.6 Å². The lowest BCUT2D eigenvalue weighted by molar-refractivity contribution is 0.412. The number of benzene rings is 1. The summed E-state index contributed by atoms with van der Waals surface area (Å²) in [6.07, 6.45) is 0. The van der Waals surface area contributed by atoms with Crippen LogP contribution in [0.4, 0.5) is 4.39 Å². The lowest BCUT2D eigenvalue weighted by Gasteiger charge is -2.08. The van der Waals surface area contributed by atoms with Crippen molar-refractivity contribution in [3.63, 3.8) is 0 Å². The SMILES string of the molecule is COc1ccc(-c2nc(C)c(F)c(Cl)n2)cc1C. The van der Waals surface area contributed by atoms with E-state index in [9.17, 15) is 4.39 Å². The van der Waals surface area contributed by atoms with Crippen LogP contribution in [0.2, 0.25) is 5.15 Å². The van der Waals surface area contributed by atoms with E-state index in [-0.39, 0.29) is 10.8 Å². The van der Waals surface area contributed by atoms with Crippen LogP contribution in [0.1, 0.15) is 11.3 Å². The highest BCUT2D eigenvalue weighted by Crippen LogP contribution is 2.25. The molecule has 5 heteroatoms. The van der Waals surface area contributed by atoms with Crippen LogP contribution in [0.15, 0.2) is 18.2 Å². The lowest BCUT2D eigenvalue weighted by Crippen LogP contribution is -1.98. The first kappa shape index (κ1) is 12.8. The van der Waals surface area contributed by atoms with E-state index in [1.807, 2.05) is 25.1 Å². The fourth-order valence-corrected chi connectivity index (χ4v) is 1.89. The minimum Gasteiger partial charge on any atom is -0.496 e. The second-order valence-electron chi connectivity index (χ2n) is 3.92. The fourth-order valence-electron chi connectivity index (χ4n) is 1.67. The molecular weight excluding hydrogens is 255 g/mol. The minimum absolute atomic E-state index is 0.161. The number of aromatic nitrogens is 2. The van der Waals surface area contributed by atoms with E-state index in [2.05, 4.69) is 9.97 Å². The van der Waals surface area contributed by atoms with Gasteiger partial charge in [0.1, 0.15) is 5.75 Å². The third kappa shape index (κ3) is 2.29. The molecule has 1 heterocycles. The molecule has 0 atom stereocenters. The molecule has 0 fully saturated rings. The van der Waals surface area contributed by atoms with Gasteiger partial charge in [0, 0.05) is 5.56 Å². The molecule has 1 aromatic carbocycles. The van der Waals surface area contributed by atoms with Crippen LogP contribution < -0.4 is 4.74 Å². The van der Waals surface area contributed by atoms with Gasteiger partial charge in [0.05, 0.1) is 12.8 Å². The van der Waals surface area contributed by atoms with E-state index >= 15 is 0 Å². The van der Waals surface area contributed by atoms with Crippen molar-refractivity contribution in [2.24, 2.45) is 0 Å². The van der Waals surface area contributed by atoms with Gasteiger partial charge in [0.15, 0.2) is 16.8 Å². The summed E-state index contributed by atoms with van der Waals surface area (Å²) in [6.45, 7) is 3.48. The molecule has 0 amide bonds. The Morgan fingerprint density at radius 2 is 1.94 bits per heavy atom. The summed E-state index contributed by atoms with van der Waals surface area (Å²) in [6, 6.07) is 5.51. The maximum absolute atomic E-state index is 13.3. The second-order valence-corrected chi connectivity index (χ2v) is 4.28. The quantitative estimate of drug-likeness (QED) is 0.780. The predicted octanol–water partition coefficient (Wildman–Crippen LogP) is 3.56. The molecule has 0 radical (unpaired) electrons. The molecule has 0 saturated carbocycles. The van der Waals surface area contributed by atoms with Crippen molar-refractivity contribution in [3.05, 3.63) is 40.4 Å². The third-order valence-electron chi connectivity index (χ3n) is 2.63. The zero-order chi connectivity index (χ0) is 13.3. The Morgan fingerprint density at radius 1 is 1.22 bits per heavy atom. The Bertz CT molecular complexity index is 579. The van der Waals surface area contributed by atoms with Crippen molar-refractivity contribution in [3.8, 4) is 17.1 Å². The largest absolute Gasteiger partial charge is 0.496 e. The maximum atomic E-state index is 13.3. The molecule has 0 bridgehead atoms. The minimum atomic E-state index is -0.578. The number of nitrogens with zero attached hydrogens (tertiary/aromatic N) is 2. The molecule has 94 valence electrons. The van der Waals surface area contributed by atoms with E-state index in [0.29, 0.717) is 5.82 Å². The maximum Gasteiger partial charge on any atom is 0.181 e. The van der Waals surface area contributed by atoms with Crippen molar-refractivity contribution < 1.29 is 9.13 Å². The summed E-state index contributed by atoms with van der Waals surface area (Å²) in [4.78, 5) is 8.03. The second kappa shape index (κ2) is 4.90. The monoisotopic (exact) mass is 266 g/mol. The first-order valence-corrected chi connectivity index (χ1v) is 5.75. The zero-order valence-corrected chi connectivity index (χ0v) is 11.0. The van der Waals surface area contributed by atoms with Gasteiger partial charge in [-0.15, -0.1) is 0 Å². The smallest absolute Gasteiger partial charge is 0.181 e. The van der Waals surface area contributed by atoms with Crippen molar-refractivity contribution in [2.45, 2.75) is 13.8 Å². The number of hydrogen-bond acceptors (Lipinski definition) is 3. The van der Waals surface area contributed by atoms with Crippen LogP contribution in [0.5, 0.6) is 5.75 Å². The van der Waals surface area contributed by atoms with Gasteiger partial charge in [0.25, 0.3) is 0 Å². The molecule has 2 rings (SSSR count). The average molecular weight is 267 g/mol. The first-order valence-electron chi connectivity index (χ1n) is 5.37. The van der Waals surface area contributed by atoms with Gasteiger partial charge in [-0.3, -0.25) is 0 Å². The lowest BCUT2D eigenvalue weighted by atomic mass is 10.1. The van der Waals surface area contributed by atoms with Crippen LogP contribution in [0.3, 0.4) is 0 Å². The summed E-state index contributed by atoms with van der Waals surface area (Å²) in [5, 5.41) is -0.161. The molecule has 0 N–H and O–H groups in total. The number of methoxy groups -OCH3 is 1. The van der Waals surface area contributed by atoms with E-state index < -0.39 is 5.82 Å². The average Bonchev–Trinajstić information content (AvgIpc) is 2.35. The summed E-state index contributed by atoms with van der Waals surface area (Å²) in [7, 11) is 1.61. The first-order chi connectivity index (χ1) is 8.52. The highest BCUT2D eigenvalue weighted by molar-refractivity contribution is 6.29. The number of halogens is 2. The Labute approximate surface area is 110 Å². The molecular formula is C13H12ClFN2O. The summed E-state index contributed by atoms with van der Waals surface area (Å²) in [5.74, 6) is 0.610. The van der Waals surface area contributed by atoms with Gasteiger partial charge in [-0.05, 0) is 37.6 Å². The van der Waals surface area contributed by atoms with Crippen LogP contribution in [-0.2, 0) is 0 Å². The van der Waals surface area contributed by atoms with Gasteiger partial charge in [-0.25, -0.2) is 14.4 Å². The molecule has 0 saturated heterocycles. The molecule has 3 nitrogen and oxygen atoms in total. The topological polar surface area (TPSA) is 35.0 Å². The number of hydrogen-bond donors (Lipinski definition) is 0. The zero-order valence-electron chi connectivity index (χ0n) is 10.3. The molecule has 1 aromatic heterocycles. The van der Waals surface area contributed by atoms with E-state index in [4.69, 9.17) is 16.3 Å². The highest BCUT2D eigenvalue weighted by Gasteiger charge is 2.11.